The van der Waals surface area contributed by atoms with Crippen LogP contribution in [0.25, 0.3) is 47.7 Å². The third-order valence-electron chi connectivity index (χ3n) is 8.93. The molecule has 0 saturated carbocycles. The molecule has 1 aliphatic rings. The van der Waals surface area contributed by atoms with Crippen LogP contribution in [0.3, 0.4) is 0 Å². The molecule has 1 atom stereocenters. The van der Waals surface area contributed by atoms with E-state index in [0.717, 1.165) is 39.1 Å². The van der Waals surface area contributed by atoms with E-state index in [0.29, 0.717) is 17.0 Å². The molecule has 3 heterocycles. The standard InChI is InChI=1S/C40H23N5S/c41-22-24-14-16-31-33(20-24)43-40(25-8-2-1-3-9-25)44-38(31)28-17-15-27(21-26(28)23-42)45-34-12-6-4-11-32(34)37-35(45)19-18-30-29-10-5-7-13-36(29)46-39(30)37/h1-21,38H,(H,43,44). The van der Waals surface area contributed by atoms with E-state index in [1.54, 1.807) is 0 Å². The molecule has 0 amide bonds. The summed E-state index contributed by atoms with van der Waals surface area (Å²) in [4.78, 5) is 5.14. The number of aliphatic imine (C=N–C) groups is 1. The summed E-state index contributed by atoms with van der Waals surface area (Å²) in [6, 6.07) is 47.5. The largest absolute Gasteiger partial charge is 0.340 e. The van der Waals surface area contributed by atoms with Crippen molar-refractivity contribution in [2.75, 3.05) is 5.32 Å². The number of fused-ring (bicyclic) bond motifs is 8. The van der Waals surface area contributed by atoms with Gasteiger partial charge in [0.15, 0.2) is 0 Å². The summed E-state index contributed by atoms with van der Waals surface area (Å²) >= 11 is 1.83. The molecule has 0 aliphatic carbocycles. The summed E-state index contributed by atoms with van der Waals surface area (Å²) in [6.45, 7) is 0. The number of aromatic nitrogens is 1. The number of anilines is 1. The lowest BCUT2D eigenvalue weighted by Crippen LogP contribution is -2.22. The van der Waals surface area contributed by atoms with Crippen LogP contribution >= 0.6 is 11.3 Å². The zero-order valence-electron chi connectivity index (χ0n) is 24.4. The summed E-state index contributed by atoms with van der Waals surface area (Å²) in [6.07, 6.45) is 0. The first-order valence-corrected chi connectivity index (χ1v) is 15.9. The predicted octanol–water partition coefficient (Wildman–Crippen LogP) is 9.86. The van der Waals surface area contributed by atoms with Gasteiger partial charge < -0.3 is 9.88 Å². The van der Waals surface area contributed by atoms with Gasteiger partial charge in [-0.05, 0) is 48.0 Å². The highest BCUT2D eigenvalue weighted by molar-refractivity contribution is 7.26. The van der Waals surface area contributed by atoms with E-state index in [9.17, 15) is 10.5 Å². The maximum absolute atomic E-state index is 10.6. The van der Waals surface area contributed by atoms with E-state index < -0.39 is 6.04 Å². The Labute approximate surface area is 268 Å². The Bertz CT molecular complexity index is 2650. The summed E-state index contributed by atoms with van der Waals surface area (Å²) in [7, 11) is 0. The van der Waals surface area contributed by atoms with Gasteiger partial charge in [0.25, 0.3) is 0 Å². The Hall–Kier alpha value is -6.21. The van der Waals surface area contributed by atoms with Crippen molar-refractivity contribution in [3.63, 3.8) is 0 Å². The smallest absolute Gasteiger partial charge is 0.133 e. The molecule has 5 nitrogen and oxygen atoms in total. The Morgan fingerprint density at radius 2 is 1.46 bits per heavy atom. The molecule has 1 aliphatic heterocycles. The van der Waals surface area contributed by atoms with Gasteiger partial charge in [-0.25, -0.2) is 0 Å². The van der Waals surface area contributed by atoms with Crippen molar-refractivity contribution in [3.8, 4) is 17.8 Å². The first kappa shape index (κ1) is 26.2. The van der Waals surface area contributed by atoms with Crippen molar-refractivity contribution in [2.24, 2.45) is 4.99 Å². The Morgan fingerprint density at radius 1 is 0.674 bits per heavy atom. The molecule has 0 saturated heterocycles. The van der Waals surface area contributed by atoms with Crippen LogP contribution in [0, 0.1) is 22.7 Å². The lowest BCUT2D eigenvalue weighted by atomic mass is 9.91. The molecule has 0 bridgehead atoms. The number of amidine groups is 1. The van der Waals surface area contributed by atoms with Crippen LogP contribution in [0.1, 0.15) is 33.9 Å². The van der Waals surface area contributed by atoms with Crippen LogP contribution in [0.5, 0.6) is 0 Å². The highest BCUT2D eigenvalue weighted by Crippen LogP contribution is 2.44. The van der Waals surface area contributed by atoms with Gasteiger partial charge in [0.1, 0.15) is 11.9 Å². The number of nitriles is 2. The molecule has 1 N–H and O–H groups in total. The van der Waals surface area contributed by atoms with Crippen LogP contribution in [0.4, 0.5) is 5.69 Å². The van der Waals surface area contributed by atoms with Crippen molar-refractivity contribution in [1.82, 2.24) is 4.57 Å². The summed E-state index contributed by atoms with van der Waals surface area (Å²) in [5.74, 6) is 0.705. The van der Waals surface area contributed by atoms with E-state index in [-0.39, 0.29) is 0 Å². The second-order valence-electron chi connectivity index (χ2n) is 11.5. The van der Waals surface area contributed by atoms with Gasteiger partial charge in [0, 0.05) is 53.4 Å². The Balaban J connectivity index is 1.25. The molecular weight excluding hydrogens is 583 g/mol. The number of benzene rings is 6. The maximum atomic E-state index is 10.6. The number of hydrogen-bond donors (Lipinski definition) is 1. The fourth-order valence-corrected chi connectivity index (χ4v) is 8.10. The average Bonchev–Trinajstić information content (AvgIpc) is 3.67. The van der Waals surface area contributed by atoms with Gasteiger partial charge in [-0.3, -0.25) is 4.99 Å². The molecule has 1 unspecified atom stereocenters. The lowest BCUT2D eigenvalue weighted by Gasteiger charge is -2.27. The molecule has 0 radical (unpaired) electrons. The SMILES string of the molecule is N#Cc1ccc2c(c1)NC(c1ccccc1)=NC2c1ccc(-n2c3ccccc3c3c4sc5ccccc5c4ccc32)cc1C#N. The molecule has 214 valence electrons. The number of hydrogen-bond acceptors (Lipinski definition) is 5. The molecule has 9 rings (SSSR count). The third-order valence-corrected chi connectivity index (χ3v) is 10.1. The second kappa shape index (κ2) is 10.2. The fourth-order valence-electron chi connectivity index (χ4n) is 6.84. The van der Waals surface area contributed by atoms with Crippen LogP contribution in [0.15, 0.2) is 132 Å². The van der Waals surface area contributed by atoms with Crippen molar-refractivity contribution in [2.45, 2.75) is 6.04 Å². The zero-order chi connectivity index (χ0) is 30.8. The maximum Gasteiger partial charge on any atom is 0.133 e. The van der Waals surface area contributed by atoms with Gasteiger partial charge in [-0.15, -0.1) is 11.3 Å². The zero-order valence-corrected chi connectivity index (χ0v) is 25.2. The van der Waals surface area contributed by atoms with Crippen LogP contribution in [-0.2, 0) is 0 Å². The van der Waals surface area contributed by atoms with E-state index in [1.807, 2.05) is 72.0 Å². The quantitative estimate of drug-likeness (QED) is 0.218. The van der Waals surface area contributed by atoms with E-state index in [1.165, 1.54) is 30.9 Å². The fraction of sp³-hybridized carbons (Fsp3) is 0.0250. The van der Waals surface area contributed by atoms with Crippen molar-refractivity contribution in [1.29, 1.82) is 10.5 Å². The van der Waals surface area contributed by atoms with E-state index >= 15 is 0 Å². The molecule has 2 aromatic heterocycles. The highest BCUT2D eigenvalue weighted by atomic mass is 32.1. The van der Waals surface area contributed by atoms with Gasteiger partial charge >= 0.3 is 0 Å². The van der Waals surface area contributed by atoms with Crippen molar-refractivity contribution >= 4 is 64.8 Å². The molecular formula is C40H23N5S. The van der Waals surface area contributed by atoms with Gasteiger partial charge in [0.05, 0.1) is 34.3 Å². The van der Waals surface area contributed by atoms with Crippen LogP contribution < -0.4 is 5.32 Å². The summed E-state index contributed by atoms with van der Waals surface area (Å²) in [5.41, 5.74) is 7.75. The van der Waals surface area contributed by atoms with Crippen molar-refractivity contribution in [3.05, 3.63) is 155 Å². The summed E-state index contributed by atoms with van der Waals surface area (Å²) < 4.78 is 4.82. The van der Waals surface area contributed by atoms with Crippen LogP contribution in [-0.4, -0.2) is 10.4 Å². The van der Waals surface area contributed by atoms with E-state index in [4.69, 9.17) is 4.99 Å². The molecule has 0 spiro atoms. The first-order valence-electron chi connectivity index (χ1n) is 15.0. The highest BCUT2D eigenvalue weighted by Gasteiger charge is 2.27. The first-order chi connectivity index (χ1) is 22.7. The number of nitrogens with one attached hydrogen (secondary N) is 1. The summed E-state index contributed by atoms with van der Waals surface area (Å²) in [5, 5.41) is 28.6. The minimum Gasteiger partial charge on any atom is -0.340 e. The van der Waals surface area contributed by atoms with Gasteiger partial charge in [-0.1, -0.05) is 84.9 Å². The normalized spacial score (nSPS) is 14.1. The lowest BCUT2D eigenvalue weighted by molar-refractivity contribution is 0.858. The minimum atomic E-state index is -0.417. The third kappa shape index (κ3) is 3.88. The molecule has 0 fully saturated rings. The Morgan fingerprint density at radius 3 is 2.30 bits per heavy atom. The molecule has 46 heavy (non-hydrogen) atoms. The molecule has 8 aromatic rings. The number of nitrogens with zero attached hydrogens (tertiary/aromatic N) is 4. The molecule has 6 heteroatoms. The molecule has 6 aromatic carbocycles. The Kier molecular flexibility index (Phi) is 5.80. The van der Waals surface area contributed by atoms with Crippen LogP contribution in [0.2, 0.25) is 0 Å². The monoisotopic (exact) mass is 605 g/mol. The predicted molar refractivity (Wildman–Crippen MR) is 188 cm³/mol. The average molecular weight is 606 g/mol. The van der Waals surface area contributed by atoms with E-state index in [2.05, 4.69) is 88.8 Å². The topological polar surface area (TPSA) is 76.9 Å². The number of rotatable bonds is 3. The second-order valence-corrected chi connectivity index (χ2v) is 12.5. The van der Waals surface area contributed by atoms with Gasteiger partial charge in [-0.2, -0.15) is 10.5 Å². The number of para-hydroxylation sites is 1. The number of thiophene rings is 1. The van der Waals surface area contributed by atoms with Crippen molar-refractivity contribution < 1.29 is 0 Å². The van der Waals surface area contributed by atoms with Gasteiger partial charge in [0.2, 0.25) is 0 Å². The minimum absolute atomic E-state index is 0.417.